The Morgan fingerprint density at radius 3 is 0.764 bits per heavy atom. The Hall–Kier alpha value is -13.2. The van der Waals surface area contributed by atoms with Gasteiger partial charge in [-0.3, -0.25) is 29.0 Å². The summed E-state index contributed by atoms with van der Waals surface area (Å²) in [5.74, 6) is -5.36. The summed E-state index contributed by atoms with van der Waals surface area (Å²) < 4.78 is 149. The van der Waals surface area contributed by atoms with E-state index < -0.39 is 94.7 Å². The van der Waals surface area contributed by atoms with Crippen LogP contribution in [0.25, 0.3) is 87.0 Å². The lowest BCUT2D eigenvalue weighted by atomic mass is 9.80. The smallest absolute Gasteiger partial charge is 0.494 e. The quantitative estimate of drug-likeness (QED) is 0.0112. The van der Waals surface area contributed by atoms with Crippen molar-refractivity contribution < 1.29 is 138 Å². The van der Waals surface area contributed by atoms with Crippen LogP contribution in [0, 0.1) is 11.8 Å². The van der Waals surface area contributed by atoms with Gasteiger partial charge in [-0.15, -0.1) is 0 Å². The van der Waals surface area contributed by atoms with E-state index in [2.05, 4.69) is 0 Å². The van der Waals surface area contributed by atoms with Crippen LogP contribution in [0.1, 0.15) is 80.3 Å². The minimum atomic E-state index is -3.13. The van der Waals surface area contributed by atoms with Gasteiger partial charge in [-0.2, -0.15) is 0 Å². The van der Waals surface area contributed by atoms with Gasteiger partial charge in [0.15, 0.2) is 0 Å². The van der Waals surface area contributed by atoms with Gasteiger partial charge in [0.2, 0.25) is 0 Å². The van der Waals surface area contributed by atoms with Crippen LogP contribution in [0.2, 0.25) is 24.2 Å². The number of hydrogen-bond acceptors (Lipinski definition) is 30. The first-order valence-corrected chi connectivity index (χ1v) is 53.0. The number of hydrogen-bond donors (Lipinski definition) is 0. The number of benzene rings is 13. The molecule has 2 atom stereocenters. The first-order valence-electron chi connectivity index (χ1n) is 45.3. The molecule has 4 amide bonds. The molecule has 15 aromatic rings. The number of para-hydroxylation sites is 4. The number of imide groups is 2. The molecular weight excluding hydrogens is 1870 g/mol. The van der Waals surface area contributed by atoms with E-state index in [-0.39, 0.29) is 175 Å². The maximum atomic E-state index is 16.9. The van der Waals surface area contributed by atoms with Crippen LogP contribution in [-0.2, 0) is 85.4 Å². The largest absolute Gasteiger partial charge is 0.503 e. The molecule has 2 aliphatic rings. The van der Waals surface area contributed by atoms with Crippen molar-refractivity contribution in [1.29, 1.82) is 0 Å². The predicted octanol–water partition coefficient (Wildman–Crippen LogP) is 20.5. The van der Waals surface area contributed by atoms with E-state index in [4.69, 9.17) is 109 Å². The molecule has 4 heterocycles. The molecule has 2 unspecified atom stereocenters. The first-order chi connectivity index (χ1) is 67.8. The summed E-state index contributed by atoms with van der Waals surface area (Å²) in [4.78, 5) is 101. The summed E-state index contributed by atoms with van der Waals surface area (Å²) in [5, 5.41) is 3.97. The van der Waals surface area contributed by atoms with Crippen LogP contribution in [0.5, 0.6) is 69.0 Å². The van der Waals surface area contributed by atoms with Crippen LogP contribution in [0.4, 0.5) is 0 Å². The Bertz CT molecular complexity index is 6410. The Balaban J connectivity index is 0.922. The van der Waals surface area contributed by atoms with E-state index in [0.29, 0.717) is 56.5 Å². The maximum Gasteiger partial charge on any atom is 0.503 e. The van der Waals surface area contributed by atoms with Gasteiger partial charge in [-0.1, -0.05) is 100 Å². The molecule has 0 aliphatic carbocycles. The monoisotopic (exact) mass is 1970 g/mol. The molecule has 140 heavy (non-hydrogen) atoms. The van der Waals surface area contributed by atoms with Gasteiger partial charge in [0.25, 0.3) is 23.6 Å². The standard InChI is InChI=1S/C104H106N2O30Si4/c1-61(2)95(103(111)129-59-63-23-21-27-75-73-25-17-19-29-81(73)135-97(63)75)105-99(107)77-55-83(131-69-39-31-65(32-40-69)125-47-51-137(113-5,114-6)115-7)89-91-85(133-71-43-35-67(36-44-71)127-49-53-139(119-11,120-12)121-13)57-79-88-80(102(110)106(101(79)109)96(62(3)4)104(112)130-60-64-24-22-28-76-74-26-18-20-30-82(74)136-98(64)76)58-86(134-72-45-37-68(38-46-72)128-50-54-140(122-14,123-15)124-16)92(94(88)91)90-84(56-78(100(105)108)87(77)93(89)90)132-70-41-33-66(34-42-70)126-48-52-138(116-8,117-9)118-10/h17-46,55-58,61-62,95-96H,47-54,59-60H2,1-16H3. The van der Waals surface area contributed by atoms with Gasteiger partial charge in [0.05, 0.1) is 72.9 Å². The number of furan rings is 2. The SMILES string of the molecule is CO[Si](CCOc1ccc(Oc2cc3c4c(cc(Oc5ccc(OCC[Si](OC)(OC)OC)cc5)c5c6c(Oc7ccc(OCC[Si](OC)(OC)OC)cc7)cc7c8c(cc(Oc9ccc(OCC[Si](OC)(OC)OC)cc9)c(c2c45)c86)C(=O)N(C(C(=O)OCc2cccc4c2oc2ccccc24)C(C)C)C7=O)C(=O)N(C(C(=O)OCc2cccc4c2oc2ccccc24)C(C)C)C3=O)cc1)(OC)OC. The second-order valence-electron chi connectivity index (χ2n) is 33.9. The first kappa shape index (κ1) is 98.4. The molecule has 36 heteroatoms. The zero-order valence-electron chi connectivity index (χ0n) is 80.2. The second-order valence-corrected chi connectivity index (χ2v) is 46.3. The number of carbonyl (C=O) groups is 6. The summed E-state index contributed by atoms with van der Waals surface area (Å²) in [6, 6.07) is 56.5. The molecule has 17 rings (SSSR count). The third kappa shape index (κ3) is 18.8. The Labute approximate surface area is 810 Å². The number of esters is 2. The van der Waals surface area contributed by atoms with Crippen LogP contribution < -0.4 is 37.9 Å². The lowest BCUT2D eigenvalue weighted by molar-refractivity contribution is -0.152. The van der Waals surface area contributed by atoms with Crippen LogP contribution in [0.15, 0.2) is 215 Å². The molecular formula is C104H106N2O30Si4. The molecule has 0 N–H and O–H groups in total. The summed E-state index contributed by atoms with van der Waals surface area (Å²) in [5.41, 5.74) is 2.64. The van der Waals surface area contributed by atoms with Gasteiger partial charge in [0, 0.05) is 161 Å². The second kappa shape index (κ2) is 41.7. The molecule has 0 bridgehead atoms. The van der Waals surface area contributed by atoms with Crippen molar-refractivity contribution in [2.75, 3.05) is 112 Å². The van der Waals surface area contributed by atoms with Gasteiger partial charge in [-0.25, -0.2) is 9.59 Å². The molecule has 2 aromatic heterocycles. The highest BCUT2D eigenvalue weighted by Crippen LogP contribution is 2.59. The molecule has 0 spiro atoms. The van der Waals surface area contributed by atoms with Crippen LogP contribution in [0.3, 0.4) is 0 Å². The van der Waals surface area contributed by atoms with Crippen molar-refractivity contribution in [2.45, 2.75) is 77.2 Å². The Morgan fingerprint density at radius 2 is 0.521 bits per heavy atom. The van der Waals surface area contributed by atoms with E-state index in [1.54, 1.807) is 137 Å². The highest BCUT2D eigenvalue weighted by Gasteiger charge is 2.50. The number of ether oxygens (including phenoxy) is 10. The zero-order valence-corrected chi connectivity index (χ0v) is 84.2. The summed E-state index contributed by atoms with van der Waals surface area (Å²) in [7, 11) is 5.57. The van der Waals surface area contributed by atoms with E-state index in [0.717, 1.165) is 31.3 Å². The number of amides is 4. The molecule has 2 aliphatic heterocycles. The molecule has 13 aromatic carbocycles. The lowest BCUT2D eigenvalue weighted by Crippen LogP contribution is -2.53. The number of fused-ring (bicyclic) bond motifs is 8. The minimum Gasteiger partial charge on any atom is -0.494 e. The number of nitrogens with zero attached hydrogens (tertiary/aromatic N) is 2. The van der Waals surface area contributed by atoms with Gasteiger partial charge < -0.3 is 109 Å². The van der Waals surface area contributed by atoms with Crippen molar-refractivity contribution in [3.63, 3.8) is 0 Å². The van der Waals surface area contributed by atoms with Crippen molar-refractivity contribution in [3.05, 3.63) is 240 Å². The average Bonchev–Trinajstić information content (AvgIpc) is 0.817. The molecule has 0 fully saturated rings. The maximum absolute atomic E-state index is 16.9. The van der Waals surface area contributed by atoms with Crippen molar-refractivity contribution in [2.24, 2.45) is 11.8 Å². The zero-order chi connectivity index (χ0) is 98.6. The van der Waals surface area contributed by atoms with Gasteiger partial charge in [-0.05, 0) is 145 Å². The number of rotatable bonds is 46. The van der Waals surface area contributed by atoms with Gasteiger partial charge >= 0.3 is 47.2 Å². The van der Waals surface area contributed by atoms with Crippen LogP contribution >= 0.6 is 0 Å². The van der Waals surface area contributed by atoms with E-state index in [9.17, 15) is 0 Å². The third-order valence-electron chi connectivity index (χ3n) is 25.6. The summed E-state index contributed by atoms with van der Waals surface area (Å²) in [6.45, 7) is 6.59. The van der Waals surface area contributed by atoms with Crippen molar-refractivity contribution in [1.82, 2.24) is 9.80 Å². The summed E-state index contributed by atoms with van der Waals surface area (Å²) in [6.07, 6.45) is 0. The van der Waals surface area contributed by atoms with Gasteiger partial charge in [0.1, 0.15) is 117 Å². The van der Waals surface area contributed by atoms with E-state index in [1.165, 1.54) is 110 Å². The Morgan fingerprint density at radius 1 is 0.286 bits per heavy atom. The minimum absolute atomic E-state index is 0.0311. The normalized spacial score (nSPS) is 13.6. The Kier molecular flexibility index (Phi) is 29.3. The fourth-order valence-electron chi connectivity index (χ4n) is 18.4. The molecule has 0 saturated heterocycles. The van der Waals surface area contributed by atoms with Crippen molar-refractivity contribution in [3.8, 4) is 69.0 Å². The molecule has 32 nitrogen and oxygen atoms in total. The predicted molar refractivity (Wildman–Crippen MR) is 527 cm³/mol. The molecule has 0 radical (unpaired) electrons. The number of carbonyl (C=O) groups excluding carboxylic acids is 6. The lowest BCUT2D eigenvalue weighted by Gasteiger charge is -2.36. The highest BCUT2D eigenvalue weighted by atomic mass is 28.4. The fourth-order valence-corrected chi connectivity index (χ4v) is 24.2. The molecule has 728 valence electrons. The average molecular weight is 1980 g/mol. The molecule has 0 saturated carbocycles. The third-order valence-corrected chi connectivity index (χ3v) is 36.4. The van der Waals surface area contributed by atoms with Crippen LogP contribution in [-0.4, -0.2) is 204 Å². The van der Waals surface area contributed by atoms with E-state index in [1.807, 2.05) is 72.8 Å². The topological polar surface area (TPSA) is 338 Å². The van der Waals surface area contributed by atoms with Crippen molar-refractivity contribution >= 4 is 158 Å². The highest BCUT2D eigenvalue weighted by molar-refractivity contribution is 6.62. The van der Waals surface area contributed by atoms with E-state index >= 15 is 28.8 Å². The summed E-state index contributed by atoms with van der Waals surface area (Å²) >= 11 is 0. The fraction of sp³-hybridized carbons (Fsp3) is 0.288.